The van der Waals surface area contributed by atoms with Crippen LogP contribution in [0.2, 0.25) is 0 Å². The van der Waals surface area contributed by atoms with E-state index in [0.717, 1.165) is 7.11 Å². The Balaban J connectivity index is 1.84. The number of hydrogen-bond acceptors (Lipinski definition) is 11. The van der Waals surface area contributed by atoms with Gasteiger partial charge in [-0.15, -0.1) is 0 Å². The molecule has 0 bridgehead atoms. The number of fused-ring (bicyclic) bond motifs is 2. The molecule has 7 unspecified atom stereocenters. The lowest BCUT2D eigenvalue weighted by Crippen LogP contribution is -2.77. The summed E-state index contributed by atoms with van der Waals surface area (Å²) in [7, 11) is 1.09. The minimum absolute atomic E-state index is 0.0579. The first-order valence-corrected chi connectivity index (χ1v) is 14.7. The number of methoxy groups -OCH3 is 1. The van der Waals surface area contributed by atoms with Crippen molar-refractivity contribution in [3.8, 4) is 0 Å². The molecule has 238 valence electrons. The average molecular weight is 605 g/mol. The minimum Gasteiger partial charge on any atom is -0.482 e. The maximum atomic E-state index is 13.6. The summed E-state index contributed by atoms with van der Waals surface area (Å²) in [4.78, 5) is 65.7. The van der Waals surface area contributed by atoms with E-state index in [1.807, 2.05) is 6.92 Å². The number of Topliss-reactive ketones (excluding diaryl/α,β-unsaturated/α-hetero) is 2. The third-order valence-electron chi connectivity index (χ3n) is 10.3. The topological polar surface area (TPSA) is 163 Å². The summed E-state index contributed by atoms with van der Waals surface area (Å²) < 4.78 is 22.3. The molecule has 9 atom stereocenters. The van der Waals surface area contributed by atoms with Gasteiger partial charge in [0.25, 0.3) is 0 Å². The van der Waals surface area contributed by atoms with Gasteiger partial charge in [0.15, 0.2) is 22.9 Å². The number of esters is 3. The van der Waals surface area contributed by atoms with Crippen LogP contribution in [0.3, 0.4) is 0 Å². The van der Waals surface area contributed by atoms with E-state index >= 15 is 0 Å². The average Bonchev–Trinajstić information content (AvgIpc) is 2.86. The zero-order valence-corrected chi connectivity index (χ0v) is 26.4. The van der Waals surface area contributed by atoms with E-state index in [9.17, 15) is 34.2 Å². The van der Waals surface area contributed by atoms with Crippen LogP contribution in [0.4, 0.5) is 0 Å². The fourth-order valence-electron chi connectivity index (χ4n) is 8.44. The van der Waals surface area contributed by atoms with Gasteiger partial charge in [-0.3, -0.25) is 9.59 Å². The van der Waals surface area contributed by atoms with Crippen LogP contribution in [0, 0.1) is 34.0 Å². The summed E-state index contributed by atoms with van der Waals surface area (Å²) >= 11 is 0. The molecule has 2 saturated carbocycles. The van der Waals surface area contributed by atoms with Crippen LogP contribution in [0.1, 0.15) is 74.7 Å². The quantitative estimate of drug-likeness (QED) is 0.260. The number of ether oxygens (including phenoxy) is 4. The maximum absolute atomic E-state index is 13.6. The molecule has 3 fully saturated rings. The summed E-state index contributed by atoms with van der Waals surface area (Å²) in [6.45, 7) is 13.7. The smallest absolute Gasteiger partial charge is 0.348 e. The van der Waals surface area contributed by atoms with E-state index in [0.29, 0.717) is 11.1 Å². The van der Waals surface area contributed by atoms with E-state index in [2.05, 4.69) is 0 Å². The Kier molecular flexibility index (Phi) is 8.28. The van der Waals surface area contributed by atoms with Crippen molar-refractivity contribution in [3.05, 3.63) is 23.0 Å². The first kappa shape index (κ1) is 32.9. The van der Waals surface area contributed by atoms with Crippen LogP contribution in [0.15, 0.2) is 23.0 Å². The number of rotatable bonds is 6. The minimum atomic E-state index is -2.40. The van der Waals surface area contributed by atoms with Crippen molar-refractivity contribution >= 4 is 29.5 Å². The molecule has 43 heavy (non-hydrogen) atoms. The van der Waals surface area contributed by atoms with Gasteiger partial charge >= 0.3 is 17.9 Å². The summed E-state index contributed by atoms with van der Waals surface area (Å²) in [6.07, 6.45) is -3.13. The third-order valence-corrected chi connectivity index (χ3v) is 10.3. The summed E-state index contributed by atoms with van der Waals surface area (Å²) in [6, 6.07) is 0. The van der Waals surface area contributed by atoms with Gasteiger partial charge in [-0.25, -0.2) is 14.4 Å². The van der Waals surface area contributed by atoms with Crippen LogP contribution in [-0.2, 0) is 42.9 Å². The van der Waals surface area contributed by atoms with Crippen molar-refractivity contribution in [2.75, 3.05) is 13.7 Å². The Morgan fingerprint density at radius 1 is 1.12 bits per heavy atom. The third kappa shape index (κ3) is 5.12. The molecule has 1 saturated heterocycles. The first-order chi connectivity index (χ1) is 19.7. The molecule has 4 aliphatic rings. The van der Waals surface area contributed by atoms with Gasteiger partial charge in [0, 0.05) is 35.7 Å². The maximum Gasteiger partial charge on any atom is 0.348 e. The lowest BCUT2D eigenvalue weighted by atomic mass is 9.38. The predicted octanol–water partition coefficient (Wildman–Crippen LogP) is 2.60. The highest BCUT2D eigenvalue weighted by Crippen LogP contribution is 2.69. The molecule has 4 rings (SSSR count). The molecule has 2 N–H and O–H groups in total. The van der Waals surface area contributed by atoms with Crippen molar-refractivity contribution in [2.24, 2.45) is 34.0 Å². The van der Waals surface area contributed by atoms with E-state index in [1.165, 1.54) is 6.08 Å². The van der Waals surface area contributed by atoms with Gasteiger partial charge in [0.2, 0.25) is 6.10 Å². The van der Waals surface area contributed by atoms with Crippen LogP contribution >= 0.6 is 0 Å². The van der Waals surface area contributed by atoms with Crippen LogP contribution < -0.4 is 0 Å². The van der Waals surface area contributed by atoms with Crippen molar-refractivity contribution in [3.63, 3.8) is 0 Å². The Hall–Kier alpha value is -3.05. The standard InChI is InChI=1S/C32H44O11/c1-15(2)10-22(36)43-24-26-31(8)21(42-27(24)37)11-17-16(3)23(41-14-20(35)29(4,5)6)18(33)12-30(17,7)25(31)19(34)13-32(26,39)28(38)40-9/h10,17,19,21,24-26,34,39H,11-14H2,1-9H3/t17?,19?,21?,24-,25?,26?,30?,31?,32-/m1/s1. The summed E-state index contributed by atoms with van der Waals surface area (Å²) in [5, 5.41) is 23.7. The number of aliphatic hydroxyl groups excluding tert-OH is 1. The number of aliphatic hydroxyl groups is 2. The molecule has 1 aliphatic heterocycles. The van der Waals surface area contributed by atoms with E-state index in [1.54, 1.807) is 48.5 Å². The molecule has 0 spiro atoms. The zero-order chi connectivity index (χ0) is 32.4. The normalized spacial score (nSPS) is 38.7. The van der Waals surface area contributed by atoms with Crippen molar-refractivity contribution in [1.29, 1.82) is 0 Å². The highest BCUT2D eigenvalue weighted by Gasteiger charge is 2.77. The van der Waals surface area contributed by atoms with Gasteiger partial charge < -0.3 is 29.2 Å². The second kappa shape index (κ2) is 10.8. The molecule has 1 heterocycles. The lowest BCUT2D eigenvalue weighted by molar-refractivity contribution is -0.304. The SMILES string of the molecule is COC(=O)[C@@]1(O)CC(O)C2C3(C)CC(=O)C(OCC(=O)C(C)(C)C)=C(C)C3CC3OC(=O)[C@H](OC(=O)C=C(C)C)C1C32C. The molecule has 11 heteroatoms. The van der Waals surface area contributed by atoms with Gasteiger partial charge in [-0.2, -0.15) is 0 Å². The number of carbonyl (C=O) groups excluding carboxylic acids is 5. The van der Waals surface area contributed by atoms with E-state index in [4.69, 9.17) is 18.9 Å². The second-order valence-corrected chi connectivity index (χ2v) is 14.4. The molecule has 0 aromatic heterocycles. The second-order valence-electron chi connectivity index (χ2n) is 14.4. The Bertz CT molecular complexity index is 1300. The monoisotopic (exact) mass is 604 g/mol. The van der Waals surface area contributed by atoms with Gasteiger partial charge in [0.05, 0.1) is 19.1 Å². The number of hydrogen-bond donors (Lipinski definition) is 2. The number of allylic oxidation sites excluding steroid dienone is 3. The molecule has 0 radical (unpaired) electrons. The van der Waals surface area contributed by atoms with Crippen molar-refractivity contribution in [2.45, 2.75) is 98.6 Å². The number of carbonyl (C=O) groups is 5. The Labute approximate surface area is 252 Å². The number of ketones is 2. The highest BCUT2D eigenvalue weighted by atomic mass is 16.6. The van der Waals surface area contributed by atoms with Gasteiger partial charge in [-0.05, 0) is 44.1 Å². The largest absolute Gasteiger partial charge is 0.482 e. The summed E-state index contributed by atoms with van der Waals surface area (Å²) in [5.41, 5.74) is -4.13. The molecule has 0 aromatic carbocycles. The van der Waals surface area contributed by atoms with Crippen LogP contribution in [0.25, 0.3) is 0 Å². The van der Waals surface area contributed by atoms with Crippen LogP contribution in [0.5, 0.6) is 0 Å². The predicted molar refractivity (Wildman–Crippen MR) is 151 cm³/mol. The fraction of sp³-hybridized carbons (Fsp3) is 0.719. The Morgan fingerprint density at radius 3 is 2.30 bits per heavy atom. The molecule has 0 aromatic rings. The molecule has 0 amide bonds. The van der Waals surface area contributed by atoms with Gasteiger partial charge in [0.1, 0.15) is 12.7 Å². The zero-order valence-electron chi connectivity index (χ0n) is 26.4. The molecule has 11 nitrogen and oxygen atoms in total. The first-order valence-electron chi connectivity index (χ1n) is 14.7. The lowest BCUT2D eigenvalue weighted by Gasteiger charge is -2.69. The van der Waals surface area contributed by atoms with E-state index in [-0.39, 0.29) is 36.8 Å². The van der Waals surface area contributed by atoms with E-state index < -0.39 is 82.2 Å². The van der Waals surface area contributed by atoms with Crippen molar-refractivity contribution < 1.29 is 53.1 Å². The molecule has 3 aliphatic carbocycles. The highest BCUT2D eigenvalue weighted by molar-refractivity contribution is 5.97. The molecular formula is C32H44O11. The van der Waals surface area contributed by atoms with Crippen molar-refractivity contribution in [1.82, 2.24) is 0 Å². The Morgan fingerprint density at radius 2 is 1.74 bits per heavy atom. The summed E-state index contributed by atoms with van der Waals surface area (Å²) in [5.74, 6) is -5.81. The van der Waals surface area contributed by atoms with Crippen LogP contribution in [-0.4, -0.2) is 77.3 Å². The van der Waals surface area contributed by atoms with Gasteiger partial charge in [-0.1, -0.05) is 40.2 Å². The fourth-order valence-corrected chi connectivity index (χ4v) is 8.44. The molecular weight excluding hydrogens is 560 g/mol.